The third kappa shape index (κ3) is 5.71. The van der Waals surface area contributed by atoms with E-state index in [0.717, 1.165) is 24.1 Å². The normalized spacial score (nSPS) is 12.9. The number of aromatic nitrogens is 2. The van der Waals surface area contributed by atoms with Gasteiger partial charge < -0.3 is 19.4 Å². The van der Waals surface area contributed by atoms with Crippen molar-refractivity contribution in [2.24, 2.45) is 7.05 Å². The Kier molecular flexibility index (Phi) is 6.92. The van der Waals surface area contributed by atoms with Crippen LogP contribution in [0.15, 0.2) is 54.7 Å². The van der Waals surface area contributed by atoms with E-state index in [-0.39, 0.29) is 37.5 Å². The second kappa shape index (κ2) is 10.2. The molecule has 8 nitrogen and oxygen atoms in total. The molecule has 0 unspecified atom stereocenters. The number of benzene rings is 2. The molecule has 0 saturated heterocycles. The maximum atomic E-state index is 12.4. The zero-order valence-electron chi connectivity index (χ0n) is 18.8. The number of aryl methyl sites for hydroxylation is 1. The number of rotatable bonds is 9. The second-order valence-corrected chi connectivity index (χ2v) is 8.14. The average Bonchev–Trinajstić information content (AvgIpc) is 3.43. The molecule has 2 heterocycles. The minimum Gasteiger partial charge on any atom is -0.454 e. The summed E-state index contributed by atoms with van der Waals surface area (Å²) in [5.74, 6) is 1.43. The number of carbonyl (C=O) groups excluding carboxylic acids is 2. The summed E-state index contributed by atoms with van der Waals surface area (Å²) in [5, 5.41) is 5.75. The molecule has 3 aromatic rings. The lowest BCUT2D eigenvalue weighted by molar-refractivity contribution is -0.124. The molecule has 33 heavy (non-hydrogen) atoms. The third-order valence-corrected chi connectivity index (χ3v) is 5.60. The number of nitrogens with zero attached hydrogens (tertiary/aromatic N) is 2. The van der Waals surface area contributed by atoms with Crippen LogP contribution < -0.4 is 20.1 Å². The zero-order chi connectivity index (χ0) is 23.2. The highest BCUT2D eigenvalue weighted by molar-refractivity contribution is 5.92. The molecule has 0 spiro atoms. The first kappa shape index (κ1) is 22.4. The maximum absolute atomic E-state index is 12.4. The minimum atomic E-state index is -0.256. The summed E-state index contributed by atoms with van der Waals surface area (Å²) >= 11 is 0. The van der Waals surface area contributed by atoms with Gasteiger partial charge in [-0.25, -0.2) is 4.98 Å². The molecule has 1 aliphatic rings. The van der Waals surface area contributed by atoms with E-state index >= 15 is 0 Å². The van der Waals surface area contributed by atoms with Crippen molar-refractivity contribution < 1.29 is 19.1 Å². The number of hydrogen-bond acceptors (Lipinski definition) is 5. The number of imidazole rings is 1. The fourth-order valence-electron chi connectivity index (χ4n) is 3.71. The van der Waals surface area contributed by atoms with E-state index in [1.165, 1.54) is 5.56 Å². The van der Waals surface area contributed by atoms with E-state index in [4.69, 9.17) is 9.47 Å². The van der Waals surface area contributed by atoms with Crippen LogP contribution in [0.3, 0.4) is 0 Å². The van der Waals surface area contributed by atoms with E-state index < -0.39 is 0 Å². The Labute approximate surface area is 192 Å². The predicted octanol–water partition coefficient (Wildman–Crippen LogP) is 3.67. The largest absolute Gasteiger partial charge is 0.454 e. The van der Waals surface area contributed by atoms with Gasteiger partial charge in [-0.1, -0.05) is 30.3 Å². The summed E-state index contributed by atoms with van der Waals surface area (Å²) in [6.45, 7) is 2.19. The second-order valence-electron chi connectivity index (χ2n) is 8.14. The number of carbonyl (C=O) groups is 2. The Morgan fingerprint density at radius 2 is 1.82 bits per heavy atom. The lowest BCUT2D eigenvalue weighted by atomic mass is 10.1. The van der Waals surface area contributed by atoms with Crippen LogP contribution >= 0.6 is 0 Å². The molecule has 4 rings (SSSR count). The number of amides is 2. The van der Waals surface area contributed by atoms with Gasteiger partial charge >= 0.3 is 0 Å². The lowest BCUT2D eigenvalue weighted by Gasteiger charge is -2.14. The Bertz CT molecular complexity index is 1130. The molecule has 2 aromatic carbocycles. The van der Waals surface area contributed by atoms with Gasteiger partial charge in [0.05, 0.1) is 11.9 Å². The predicted molar refractivity (Wildman–Crippen MR) is 125 cm³/mol. The quantitative estimate of drug-likeness (QED) is 0.521. The van der Waals surface area contributed by atoms with Gasteiger partial charge in [-0.05, 0) is 43.5 Å². The minimum absolute atomic E-state index is 0.0413. The molecular weight excluding hydrogens is 420 g/mol. The zero-order valence-corrected chi connectivity index (χ0v) is 18.8. The van der Waals surface area contributed by atoms with Gasteiger partial charge in [0.2, 0.25) is 24.6 Å². The van der Waals surface area contributed by atoms with E-state index in [1.54, 1.807) is 10.8 Å². The molecule has 0 radical (unpaired) electrons. The highest BCUT2D eigenvalue weighted by Gasteiger charge is 2.17. The number of anilines is 1. The van der Waals surface area contributed by atoms with Crippen LogP contribution in [0.25, 0.3) is 11.3 Å². The molecule has 1 aliphatic heterocycles. The summed E-state index contributed by atoms with van der Waals surface area (Å²) in [4.78, 5) is 28.9. The van der Waals surface area contributed by atoms with Crippen LogP contribution in [-0.4, -0.2) is 34.2 Å². The van der Waals surface area contributed by atoms with E-state index in [9.17, 15) is 9.59 Å². The molecule has 0 bridgehead atoms. The summed E-state index contributed by atoms with van der Waals surface area (Å²) in [6, 6.07) is 15.9. The van der Waals surface area contributed by atoms with Gasteiger partial charge in [-0.2, -0.15) is 0 Å². The number of fused-ring (bicyclic) bond motifs is 1. The summed E-state index contributed by atoms with van der Waals surface area (Å²) in [5.41, 5.74) is 2.97. The van der Waals surface area contributed by atoms with Crippen molar-refractivity contribution >= 4 is 17.8 Å². The summed E-state index contributed by atoms with van der Waals surface area (Å²) in [7, 11) is 1.82. The number of nitrogens with one attached hydrogen (secondary N) is 2. The van der Waals surface area contributed by atoms with Crippen molar-refractivity contribution in [3.63, 3.8) is 0 Å². The van der Waals surface area contributed by atoms with Gasteiger partial charge in [0, 0.05) is 31.5 Å². The van der Waals surface area contributed by atoms with E-state index in [0.29, 0.717) is 17.4 Å². The molecule has 172 valence electrons. The first-order chi connectivity index (χ1) is 16.0. The molecule has 2 amide bonds. The fourth-order valence-corrected chi connectivity index (χ4v) is 3.71. The van der Waals surface area contributed by atoms with E-state index in [2.05, 4.69) is 27.8 Å². The summed E-state index contributed by atoms with van der Waals surface area (Å²) < 4.78 is 12.6. The van der Waals surface area contributed by atoms with E-state index in [1.807, 2.05) is 50.4 Å². The van der Waals surface area contributed by atoms with Crippen molar-refractivity contribution in [3.8, 4) is 22.8 Å². The van der Waals surface area contributed by atoms with Crippen LogP contribution in [0.5, 0.6) is 11.5 Å². The molecular formula is C25H28N4O4. The van der Waals surface area contributed by atoms with Crippen LogP contribution in [0.1, 0.15) is 31.7 Å². The summed E-state index contributed by atoms with van der Waals surface area (Å²) in [6.07, 6.45) is 3.64. The van der Waals surface area contributed by atoms with Gasteiger partial charge in [0.1, 0.15) is 0 Å². The first-order valence-electron chi connectivity index (χ1n) is 11.0. The monoisotopic (exact) mass is 448 g/mol. The van der Waals surface area contributed by atoms with Crippen molar-refractivity contribution in [1.29, 1.82) is 0 Å². The topological polar surface area (TPSA) is 94.5 Å². The molecule has 1 atom stereocenters. The average molecular weight is 449 g/mol. The van der Waals surface area contributed by atoms with Gasteiger partial charge in [-0.15, -0.1) is 0 Å². The van der Waals surface area contributed by atoms with Crippen molar-refractivity contribution in [2.45, 2.75) is 38.6 Å². The van der Waals surface area contributed by atoms with Gasteiger partial charge in [0.25, 0.3) is 0 Å². The Hall–Kier alpha value is -3.81. The smallest absolute Gasteiger partial charge is 0.231 e. The van der Waals surface area contributed by atoms with Crippen LogP contribution in [0.4, 0.5) is 5.95 Å². The van der Waals surface area contributed by atoms with Crippen LogP contribution in [0.2, 0.25) is 0 Å². The fraction of sp³-hybridized carbons (Fsp3) is 0.320. The Morgan fingerprint density at radius 1 is 1.06 bits per heavy atom. The Morgan fingerprint density at radius 3 is 2.64 bits per heavy atom. The van der Waals surface area contributed by atoms with Crippen LogP contribution in [0, 0.1) is 0 Å². The van der Waals surface area contributed by atoms with Gasteiger partial charge in [0.15, 0.2) is 11.5 Å². The first-order valence-corrected chi connectivity index (χ1v) is 11.0. The lowest BCUT2D eigenvalue weighted by Crippen LogP contribution is -2.33. The third-order valence-electron chi connectivity index (χ3n) is 5.60. The highest BCUT2D eigenvalue weighted by atomic mass is 16.7. The molecule has 2 N–H and O–H groups in total. The Balaban J connectivity index is 1.24. The van der Waals surface area contributed by atoms with Gasteiger partial charge in [-0.3, -0.25) is 14.9 Å². The molecule has 0 aliphatic carbocycles. The van der Waals surface area contributed by atoms with Crippen molar-refractivity contribution in [1.82, 2.24) is 14.9 Å². The number of hydrogen-bond donors (Lipinski definition) is 2. The maximum Gasteiger partial charge on any atom is 0.231 e. The van der Waals surface area contributed by atoms with Crippen molar-refractivity contribution in [3.05, 3.63) is 60.3 Å². The highest BCUT2D eigenvalue weighted by Crippen LogP contribution is 2.36. The SMILES string of the molecule is C[C@@H](CCc1ccccc1)NC(=O)CCC(=O)Nc1ncc(-c2ccc3c(c2)OCO3)n1C. The molecule has 0 saturated carbocycles. The molecule has 0 fully saturated rings. The standard InChI is InChI=1S/C25H28N4O4/c1-17(8-9-18-6-4-3-5-7-18)27-23(30)12-13-24(31)28-25-26-15-20(29(25)2)19-10-11-21-22(14-19)33-16-32-21/h3-7,10-11,14-15,17H,8-9,12-13,16H2,1-2H3,(H,27,30)(H,26,28,31)/t17-/m0/s1. The molecule has 1 aromatic heterocycles. The van der Waals surface area contributed by atoms with Crippen molar-refractivity contribution in [2.75, 3.05) is 12.1 Å². The van der Waals surface area contributed by atoms with Crippen LogP contribution in [-0.2, 0) is 23.1 Å². The molecule has 8 heteroatoms. The number of ether oxygens (including phenoxy) is 2.